The molecule has 0 aromatic heterocycles. The first-order valence-corrected chi connectivity index (χ1v) is 9.66. The molecule has 3 fully saturated rings. The molecular formula is C17H25N3O4S. The van der Waals surface area contributed by atoms with Gasteiger partial charge >= 0.3 is 12.0 Å². The number of carbonyl (C=O) groups is 3. The Kier molecular flexibility index (Phi) is 4.99. The molecule has 25 heavy (non-hydrogen) atoms. The highest BCUT2D eigenvalue weighted by atomic mass is 32.2. The van der Waals surface area contributed by atoms with Crippen molar-refractivity contribution in [3.05, 3.63) is 12.3 Å². The number of amides is 3. The van der Waals surface area contributed by atoms with Crippen molar-refractivity contribution in [1.29, 1.82) is 0 Å². The van der Waals surface area contributed by atoms with Crippen LogP contribution in [0.3, 0.4) is 0 Å². The summed E-state index contributed by atoms with van der Waals surface area (Å²) in [5.74, 6) is -0.828. The van der Waals surface area contributed by atoms with Crippen molar-refractivity contribution in [2.24, 2.45) is 5.92 Å². The summed E-state index contributed by atoms with van der Waals surface area (Å²) in [6, 6.07) is -1.96. The first kappa shape index (κ1) is 18.1. The third-order valence-electron chi connectivity index (χ3n) is 5.19. The standard InChI is InChI=1S/C17H25N3O4S/c1-17(2)12(15(22)23)20-13(21)11(14(20)25-17)19-16(24)18-9-8-10-6-4-3-5-7-10/h8-12,14H,3-7H2,1-2H3,(H,22,23)(H2,18,19,24)/b9-8+/t11?,12-,14?/m0/s1. The number of carboxylic acid groups (broad SMARTS) is 1. The van der Waals surface area contributed by atoms with Gasteiger partial charge in [-0.1, -0.05) is 25.3 Å². The first-order valence-electron chi connectivity index (χ1n) is 8.78. The number of urea groups is 1. The Balaban J connectivity index is 1.52. The molecule has 3 atom stereocenters. The molecule has 3 rings (SSSR count). The van der Waals surface area contributed by atoms with Gasteiger partial charge in [-0.3, -0.25) is 4.79 Å². The van der Waals surface area contributed by atoms with Gasteiger partial charge in [0, 0.05) is 10.9 Å². The third-order valence-corrected chi connectivity index (χ3v) is 6.77. The number of hydrogen-bond donors (Lipinski definition) is 3. The predicted octanol–water partition coefficient (Wildman–Crippen LogP) is 1.90. The van der Waals surface area contributed by atoms with E-state index in [4.69, 9.17) is 0 Å². The van der Waals surface area contributed by atoms with Crippen LogP contribution in [0.5, 0.6) is 0 Å². The highest BCUT2D eigenvalue weighted by molar-refractivity contribution is 8.01. The molecule has 2 unspecified atom stereocenters. The number of nitrogens with one attached hydrogen (secondary N) is 2. The SMILES string of the molecule is CC1(C)SC2C(NC(=O)N/C=C/C3CCCCC3)C(=O)N2[C@H]1C(=O)O. The molecule has 0 aromatic rings. The number of allylic oxidation sites excluding steroid dienone is 1. The Labute approximate surface area is 151 Å². The van der Waals surface area contributed by atoms with Gasteiger partial charge in [0.05, 0.1) is 0 Å². The van der Waals surface area contributed by atoms with Crippen LogP contribution in [-0.4, -0.2) is 50.1 Å². The lowest BCUT2D eigenvalue weighted by Crippen LogP contribution is -2.71. The highest BCUT2D eigenvalue weighted by Crippen LogP contribution is 2.50. The average Bonchev–Trinajstić information content (AvgIpc) is 2.82. The van der Waals surface area contributed by atoms with Crippen molar-refractivity contribution >= 4 is 29.7 Å². The van der Waals surface area contributed by atoms with Crippen LogP contribution in [0.25, 0.3) is 0 Å². The van der Waals surface area contributed by atoms with E-state index in [1.807, 2.05) is 19.9 Å². The Bertz CT molecular complexity index is 601. The van der Waals surface area contributed by atoms with Gasteiger partial charge in [0.15, 0.2) is 0 Å². The third kappa shape index (κ3) is 3.49. The van der Waals surface area contributed by atoms with Gasteiger partial charge in [0.25, 0.3) is 0 Å². The van der Waals surface area contributed by atoms with Gasteiger partial charge in [-0.2, -0.15) is 0 Å². The maximum absolute atomic E-state index is 12.3. The summed E-state index contributed by atoms with van der Waals surface area (Å²) in [5, 5.41) is 14.4. The highest BCUT2D eigenvalue weighted by Gasteiger charge is 2.64. The van der Waals surface area contributed by atoms with Gasteiger partial charge in [0.2, 0.25) is 5.91 Å². The summed E-state index contributed by atoms with van der Waals surface area (Å²) in [4.78, 5) is 37.1. The number of aliphatic carboxylic acids is 1. The van der Waals surface area contributed by atoms with Crippen molar-refractivity contribution in [1.82, 2.24) is 15.5 Å². The van der Waals surface area contributed by atoms with E-state index in [-0.39, 0.29) is 11.3 Å². The zero-order valence-electron chi connectivity index (χ0n) is 14.5. The summed E-state index contributed by atoms with van der Waals surface area (Å²) in [6.07, 6.45) is 9.71. The van der Waals surface area contributed by atoms with Gasteiger partial charge in [-0.25, -0.2) is 9.59 Å². The van der Waals surface area contributed by atoms with Crippen LogP contribution in [0.2, 0.25) is 0 Å². The molecular weight excluding hydrogens is 342 g/mol. The first-order chi connectivity index (χ1) is 11.8. The monoisotopic (exact) mass is 367 g/mol. The van der Waals surface area contributed by atoms with Crippen LogP contribution in [0.15, 0.2) is 12.3 Å². The lowest BCUT2D eigenvalue weighted by molar-refractivity contribution is -0.159. The predicted molar refractivity (Wildman–Crippen MR) is 94.9 cm³/mol. The minimum absolute atomic E-state index is 0.323. The van der Waals surface area contributed by atoms with E-state index < -0.39 is 28.8 Å². The van der Waals surface area contributed by atoms with Crippen LogP contribution >= 0.6 is 11.8 Å². The molecule has 0 bridgehead atoms. The fraction of sp³-hybridized carbons (Fsp3) is 0.706. The molecule has 3 aliphatic rings. The minimum atomic E-state index is -1.01. The van der Waals surface area contributed by atoms with Crippen molar-refractivity contribution in [3.8, 4) is 0 Å². The maximum Gasteiger partial charge on any atom is 0.327 e. The molecule has 2 saturated heterocycles. The molecule has 1 aliphatic carbocycles. The summed E-state index contributed by atoms with van der Waals surface area (Å²) in [5.41, 5.74) is 0. The zero-order chi connectivity index (χ0) is 18.2. The smallest absolute Gasteiger partial charge is 0.327 e. The number of nitrogens with zero attached hydrogens (tertiary/aromatic N) is 1. The van der Waals surface area contributed by atoms with Crippen molar-refractivity contribution in [3.63, 3.8) is 0 Å². The number of carbonyl (C=O) groups excluding carboxylic acids is 2. The van der Waals surface area contributed by atoms with E-state index in [9.17, 15) is 19.5 Å². The van der Waals surface area contributed by atoms with E-state index in [1.165, 1.54) is 35.9 Å². The second kappa shape index (κ2) is 6.90. The molecule has 0 radical (unpaired) electrons. The summed E-state index contributed by atoms with van der Waals surface area (Å²) in [7, 11) is 0. The van der Waals surface area contributed by atoms with E-state index in [0.717, 1.165) is 12.8 Å². The second-order valence-corrected chi connectivity index (χ2v) is 9.22. The molecule has 2 aliphatic heterocycles. The zero-order valence-corrected chi connectivity index (χ0v) is 15.3. The summed E-state index contributed by atoms with van der Waals surface area (Å²) >= 11 is 1.42. The maximum atomic E-state index is 12.3. The number of hydrogen-bond acceptors (Lipinski definition) is 4. The quantitative estimate of drug-likeness (QED) is 0.659. The van der Waals surface area contributed by atoms with Crippen LogP contribution < -0.4 is 10.6 Å². The lowest BCUT2D eigenvalue weighted by Gasteiger charge is -2.43. The fourth-order valence-electron chi connectivity index (χ4n) is 3.91. The largest absolute Gasteiger partial charge is 0.480 e. The molecule has 1 saturated carbocycles. The minimum Gasteiger partial charge on any atom is -0.480 e. The summed E-state index contributed by atoms with van der Waals surface area (Å²) in [6.45, 7) is 3.62. The lowest BCUT2D eigenvalue weighted by atomic mass is 9.89. The Morgan fingerprint density at radius 3 is 2.60 bits per heavy atom. The Morgan fingerprint density at radius 2 is 1.96 bits per heavy atom. The van der Waals surface area contributed by atoms with Gasteiger partial charge in [-0.15, -0.1) is 11.8 Å². The Morgan fingerprint density at radius 1 is 1.28 bits per heavy atom. The van der Waals surface area contributed by atoms with Crippen molar-refractivity contribution in [2.45, 2.75) is 68.2 Å². The van der Waals surface area contributed by atoms with Gasteiger partial charge < -0.3 is 20.6 Å². The van der Waals surface area contributed by atoms with Crippen LogP contribution in [0.1, 0.15) is 46.0 Å². The van der Waals surface area contributed by atoms with Crippen molar-refractivity contribution < 1.29 is 19.5 Å². The molecule has 8 heteroatoms. The van der Waals surface area contributed by atoms with E-state index in [2.05, 4.69) is 10.6 Å². The topological polar surface area (TPSA) is 98.7 Å². The molecule has 138 valence electrons. The molecule has 0 spiro atoms. The molecule has 3 amide bonds. The summed E-state index contributed by atoms with van der Waals surface area (Å²) < 4.78 is -0.583. The molecule has 0 aromatic carbocycles. The van der Waals surface area contributed by atoms with Crippen LogP contribution in [0, 0.1) is 5.92 Å². The molecule has 2 heterocycles. The average molecular weight is 367 g/mol. The van der Waals surface area contributed by atoms with Crippen molar-refractivity contribution in [2.75, 3.05) is 0 Å². The normalized spacial score (nSPS) is 31.5. The van der Waals surface area contributed by atoms with Crippen LogP contribution in [-0.2, 0) is 9.59 Å². The van der Waals surface area contributed by atoms with E-state index >= 15 is 0 Å². The number of rotatable bonds is 4. The van der Waals surface area contributed by atoms with E-state index in [1.54, 1.807) is 6.20 Å². The Hall–Kier alpha value is -1.70. The second-order valence-electron chi connectivity index (χ2n) is 7.45. The van der Waals surface area contributed by atoms with E-state index in [0.29, 0.717) is 5.92 Å². The number of β-lactam (4-membered cyclic amide) rings is 1. The van der Waals surface area contributed by atoms with Gasteiger partial charge in [0.1, 0.15) is 17.5 Å². The number of thioether (sulfide) groups is 1. The fourth-order valence-corrected chi connectivity index (χ4v) is 5.54. The molecule has 3 N–H and O–H groups in total. The molecule has 7 nitrogen and oxygen atoms in total. The number of carboxylic acids is 1. The van der Waals surface area contributed by atoms with Crippen LogP contribution in [0.4, 0.5) is 4.79 Å². The van der Waals surface area contributed by atoms with Gasteiger partial charge in [-0.05, 0) is 32.6 Å². The number of fused-ring (bicyclic) bond motifs is 1.